The highest BCUT2D eigenvalue weighted by Crippen LogP contribution is 2.10. The van der Waals surface area contributed by atoms with Gasteiger partial charge in [-0.2, -0.15) is 5.48 Å². The van der Waals surface area contributed by atoms with E-state index in [1.807, 2.05) is 13.8 Å². The maximum absolute atomic E-state index is 4.95. The van der Waals surface area contributed by atoms with Crippen molar-refractivity contribution in [2.45, 2.75) is 20.4 Å². The number of nitrogens with one attached hydrogen (secondary N) is 1. The van der Waals surface area contributed by atoms with Gasteiger partial charge in [-0.25, -0.2) is 0 Å². The zero-order chi connectivity index (χ0) is 8.27. The molecule has 1 aromatic rings. The molecule has 1 aromatic heterocycles. The molecular weight excluding hydrogens is 144 g/mol. The Morgan fingerprint density at radius 1 is 1.55 bits per heavy atom. The first-order chi connectivity index (χ1) is 5.25. The first kappa shape index (κ1) is 8.23. The molecule has 0 fully saturated rings. The zero-order valence-corrected chi connectivity index (χ0v) is 6.97. The summed E-state index contributed by atoms with van der Waals surface area (Å²) in [4.78, 5) is 4.68. The fourth-order valence-electron chi connectivity index (χ4n) is 0.769. The van der Waals surface area contributed by atoms with E-state index in [-0.39, 0.29) is 0 Å². The minimum Gasteiger partial charge on any atom is -0.361 e. The topological polar surface area (TPSA) is 47.3 Å². The monoisotopic (exact) mass is 156 g/mol. The predicted molar refractivity (Wildman–Crippen MR) is 39.8 cm³/mol. The summed E-state index contributed by atoms with van der Waals surface area (Å²) in [7, 11) is 1.57. The first-order valence-corrected chi connectivity index (χ1v) is 3.43. The summed E-state index contributed by atoms with van der Waals surface area (Å²) in [6, 6.07) is 0. The minimum absolute atomic E-state index is 0.583. The molecule has 4 heteroatoms. The molecule has 0 radical (unpaired) electrons. The van der Waals surface area contributed by atoms with Gasteiger partial charge in [-0.1, -0.05) is 5.16 Å². The fraction of sp³-hybridized carbons (Fsp3) is 0.571. The van der Waals surface area contributed by atoms with Gasteiger partial charge in [0.2, 0.25) is 0 Å². The SMILES string of the molecule is CONCc1noc(C)c1C. The Bertz CT molecular complexity index is 232. The molecule has 0 aromatic carbocycles. The summed E-state index contributed by atoms with van der Waals surface area (Å²) in [6.45, 7) is 4.44. The number of nitrogens with zero attached hydrogens (tertiary/aromatic N) is 1. The number of hydroxylamine groups is 1. The van der Waals surface area contributed by atoms with Gasteiger partial charge in [0.15, 0.2) is 0 Å². The maximum atomic E-state index is 4.95. The van der Waals surface area contributed by atoms with E-state index in [4.69, 9.17) is 4.52 Å². The highest BCUT2D eigenvalue weighted by Gasteiger charge is 2.06. The van der Waals surface area contributed by atoms with Crippen molar-refractivity contribution in [2.75, 3.05) is 7.11 Å². The van der Waals surface area contributed by atoms with Gasteiger partial charge in [0.1, 0.15) is 11.5 Å². The van der Waals surface area contributed by atoms with Gasteiger partial charge in [-0.05, 0) is 13.8 Å². The van der Waals surface area contributed by atoms with Crippen LogP contribution in [0.1, 0.15) is 17.0 Å². The van der Waals surface area contributed by atoms with Crippen molar-refractivity contribution in [3.63, 3.8) is 0 Å². The van der Waals surface area contributed by atoms with E-state index in [1.54, 1.807) is 7.11 Å². The third-order valence-electron chi connectivity index (χ3n) is 1.64. The Hall–Kier alpha value is -0.870. The average Bonchev–Trinajstić information content (AvgIpc) is 2.31. The van der Waals surface area contributed by atoms with Gasteiger partial charge in [0, 0.05) is 5.56 Å². The number of hydrogen-bond acceptors (Lipinski definition) is 4. The largest absolute Gasteiger partial charge is 0.361 e. The lowest BCUT2D eigenvalue weighted by molar-refractivity contribution is 0.0849. The smallest absolute Gasteiger partial charge is 0.136 e. The van der Waals surface area contributed by atoms with Gasteiger partial charge >= 0.3 is 0 Å². The molecule has 1 N–H and O–H groups in total. The van der Waals surface area contributed by atoms with Crippen molar-refractivity contribution in [3.8, 4) is 0 Å². The van der Waals surface area contributed by atoms with Crippen LogP contribution in [0.25, 0.3) is 0 Å². The number of aromatic nitrogens is 1. The highest BCUT2D eigenvalue weighted by atomic mass is 16.6. The van der Waals surface area contributed by atoms with E-state index < -0.39 is 0 Å². The van der Waals surface area contributed by atoms with Crippen LogP contribution in [-0.2, 0) is 11.4 Å². The Kier molecular flexibility index (Phi) is 2.62. The molecule has 0 spiro atoms. The number of hydrogen-bond donors (Lipinski definition) is 1. The second-order valence-corrected chi connectivity index (χ2v) is 2.34. The van der Waals surface area contributed by atoms with Crippen molar-refractivity contribution >= 4 is 0 Å². The van der Waals surface area contributed by atoms with E-state index in [1.165, 1.54) is 0 Å². The van der Waals surface area contributed by atoms with Crippen LogP contribution in [0.15, 0.2) is 4.52 Å². The third kappa shape index (κ3) is 1.78. The van der Waals surface area contributed by atoms with E-state index in [0.29, 0.717) is 6.54 Å². The minimum atomic E-state index is 0.583. The molecule has 0 saturated carbocycles. The van der Waals surface area contributed by atoms with Crippen LogP contribution in [0.4, 0.5) is 0 Å². The summed E-state index contributed by atoms with van der Waals surface area (Å²) in [6.07, 6.45) is 0. The molecule has 0 saturated heterocycles. The molecule has 11 heavy (non-hydrogen) atoms. The number of aryl methyl sites for hydroxylation is 1. The predicted octanol–water partition coefficient (Wildman–Crippen LogP) is 0.942. The molecule has 0 atom stereocenters. The molecular formula is C7H12N2O2. The first-order valence-electron chi connectivity index (χ1n) is 3.43. The van der Waals surface area contributed by atoms with Gasteiger partial charge < -0.3 is 9.36 Å². The van der Waals surface area contributed by atoms with Crippen molar-refractivity contribution in [1.29, 1.82) is 0 Å². The lowest BCUT2D eigenvalue weighted by Crippen LogP contribution is -2.11. The Labute approximate surface area is 65.5 Å². The highest BCUT2D eigenvalue weighted by molar-refractivity contribution is 5.19. The van der Waals surface area contributed by atoms with Gasteiger partial charge in [-0.15, -0.1) is 0 Å². The van der Waals surface area contributed by atoms with Crippen LogP contribution in [0.3, 0.4) is 0 Å². The summed E-state index contributed by atoms with van der Waals surface area (Å²) in [5, 5.41) is 3.84. The van der Waals surface area contributed by atoms with Crippen LogP contribution in [0.5, 0.6) is 0 Å². The Morgan fingerprint density at radius 2 is 2.27 bits per heavy atom. The Balaban J connectivity index is 2.63. The van der Waals surface area contributed by atoms with Crippen LogP contribution in [0.2, 0.25) is 0 Å². The van der Waals surface area contributed by atoms with E-state index in [2.05, 4.69) is 15.5 Å². The van der Waals surface area contributed by atoms with E-state index in [9.17, 15) is 0 Å². The lowest BCUT2D eigenvalue weighted by atomic mass is 10.2. The molecule has 62 valence electrons. The molecule has 0 amide bonds. The number of rotatable bonds is 3. The standard InChI is InChI=1S/C7H12N2O2/c1-5-6(2)11-9-7(5)4-8-10-3/h8H,4H2,1-3H3. The van der Waals surface area contributed by atoms with Crippen LogP contribution >= 0.6 is 0 Å². The van der Waals surface area contributed by atoms with Crippen LogP contribution in [-0.4, -0.2) is 12.3 Å². The molecule has 0 aliphatic carbocycles. The van der Waals surface area contributed by atoms with Crippen molar-refractivity contribution in [2.24, 2.45) is 0 Å². The van der Waals surface area contributed by atoms with Crippen molar-refractivity contribution < 1.29 is 9.36 Å². The summed E-state index contributed by atoms with van der Waals surface area (Å²) in [5.74, 6) is 0.859. The molecule has 0 aliphatic heterocycles. The van der Waals surface area contributed by atoms with Gasteiger partial charge in [-0.3, -0.25) is 0 Å². The Morgan fingerprint density at radius 3 is 2.73 bits per heavy atom. The summed E-state index contributed by atoms with van der Waals surface area (Å²) < 4.78 is 4.95. The normalized spacial score (nSPS) is 10.5. The van der Waals surface area contributed by atoms with Gasteiger partial charge in [0.25, 0.3) is 0 Å². The molecule has 1 rings (SSSR count). The van der Waals surface area contributed by atoms with Gasteiger partial charge in [0.05, 0.1) is 13.7 Å². The molecule has 0 unspecified atom stereocenters. The van der Waals surface area contributed by atoms with E-state index >= 15 is 0 Å². The molecule has 1 heterocycles. The fourth-order valence-corrected chi connectivity index (χ4v) is 0.769. The van der Waals surface area contributed by atoms with Crippen LogP contribution in [0, 0.1) is 13.8 Å². The maximum Gasteiger partial charge on any atom is 0.136 e. The zero-order valence-electron chi connectivity index (χ0n) is 6.97. The summed E-state index contributed by atoms with van der Waals surface area (Å²) in [5.41, 5.74) is 4.67. The third-order valence-corrected chi connectivity index (χ3v) is 1.64. The summed E-state index contributed by atoms with van der Waals surface area (Å²) >= 11 is 0. The second kappa shape index (κ2) is 3.50. The van der Waals surface area contributed by atoms with Crippen LogP contribution < -0.4 is 5.48 Å². The average molecular weight is 156 g/mol. The molecule has 0 bridgehead atoms. The quantitative estimate of drug-likeness (QED) is 0.662. The van der Waals surface area contributed by atoms with Crippen molar-refractivity contribution in [3.05, 3.63) is 17.0 Å². The molecule has 4 nitrogen and oxygen atoms in total. The lowest BCUT2D eigenvalue weighted by Gasteiger charge is -1.96. The van der Waals surface area contributed by atoms with E-state index in [0.717, 1.165) is 17.0 Å². The molecule has 0 aliphatic rings. The van der Waals surface area contributed by atoms with Crippen molar-refractivity contribution in [1.82, 2.24) is 10.6 Å². The second-order valence-electron chi connectivity index (χ2n) is 2.34.